The SMILES string of the molecule is CCOC(=O)C1(CCOc2ccccc2)CCN(C(=O)c2c(C)[nH]c(C(C)=O)c2C)CC1. The molecule has 1 aliphatic rings. The van der Waals surface area contributed by atoms with Crippen LogP contribution >= 0.6 is 0 Å². The van der Waals surface area contributed by atoms with Crippen molar-refractivity contribution < 1.29 is 23.9 Å². The third kappa shape index (κ3) is 4.87. The summed E-state index contributed by atoms with van der Waals surface area (Å²) in [6.45, 7) is 8.49. The summed E-state index contributed by atoms with van der Waals surface area (Å²) in [5, 5.41) is 0. The minimum atomic E-state index is -0.672. The molecule has 0 radical (unpaired) electrons. The number of hydrogen-bond donors (Lipinski definition) is 1. The highest BCUT2D eigenvalue weighted by molar-refractivity contribution is 6.02. The van der Waals surface area contributed by atoms with E-state index in [0.29, 0.717) is 68.1 Å². The van der Waals surface area contributed by atoms with Gasteiger partial charge in [0.25, 0.3) is 5.91 Å². The number of benzene rings is 1. The summed E-state index contributed by atoms with van der Waals surface area (Å²) in [4.78, 5) is 42.8. The number of esters is 1. The van der Waals surface area contributed by atoms with E-state index in [1.807, 2.05) is 30.3 Å². The van der Waals surface area contributed by atoms with Crippen LogP contribution in [0.1, 0.15) is 65.2 Å². The number of amides is 1. The van der Waals surface area contributed by atoms with Gasteiger partial charge in [-0.05, 0) is 57.7 Å². The second-order valence-corrected chi connectivity index (χ2v) is 8.39. The van der Waals surface area contributed by atoms with E-state index in [-0.39, 0.29) is 17.7 Å². The summed E-state index contributed by atoms with van der Waals surface area (Å²) in [5.41, 5.74) is 1.72. The molecule has 0 bridgehead atoms. The molecule has 3 rings (SSSR count). The average molecular weight is 441 g/mol. The van der Waals surface area contributed by atoms with Crippen molar-refractivity contribution in [3.05, 3.63) is 52.8 Å². The Hall–Kier alpha value is -3.09. The summed E-state index contributed by atoms with van der Waals surface area (Å²) < 4.78 is 11.2. The van der Waals surface area contributed by atoms with Crippen LogP contribution in [0.15, 0.2) is 30.3 Å². The van der Waals surface area contributed by atoms with Crippen molar-refractivity contribution in [1.82, 2.24) is 9.88 Å². The number of hydrogen-bond acceptors (Lipinski definition) is 5. The van der Waals surface area contributed by atoms with Gasteiger partial charge in [0.05, 0.1) is 29.9 Å². The van der Waals surface area contributed by atoms with Gasteiger partial charge in [-0.25, -0.2) is 0 Å². The average Bonchev–Trinajstić information content (AvgIpc) is 3.09. The van der Waals surface area contributed by atoms with Crippen molar-refractivity contribution in [1.29, 1.82) is 0 Å². The number of ether oxygens (including phenoxy) is 2. The number of piperidine rings is 1. The third-order valence-electron chi connectivity index (χ3n) is 6.31. The molecule has 1 fully saturated rings. The predicted octanol–water partition coefficient (Wildman–Crippen LogP) is 4.09. The van der Waals surface area contributed by atoms with Crippen molar-refractivity contribution in [2.75, 3.05) is 26.3 Å². The Morgan fingerprint density at radius 1 is 1.09 bits per heavy atom. The maximum absolute atomic E-state index is 13.2. The van der Waals surface area contributed by atoms with E-state index in [1.54, 1.807) is 25.7 Å². The lowest BCUT2D eigenvalue weighted by molar-refractivity contribution is -0.159. The van der Waals surface area contributed by atoms with Crippen LogP contribution in [0.3, 0.4) is 0 Å². The lowest BCUT2D eigenvalue weighted by atomic mass is 9.75. The number of rotatable bonds is 8. The maximum Gasteiger partial charge on any atom is 0.312 e. The quantitative estimate of drug-likeness (QED) is 0.493. The highest BCUT2D eigenvalue weighted by atomic mass is 16.5. The number of likely N-dealkylation sites (tertiary alicyclic amines) is 1. The molecule has 0 spiro atoms. The summed E-state index contributed by atoms with van der Waals surface area (Å²) >= 11 is 0. The Morgan fingerprint density at radius 2 is 1.75 bits per heavy atom. The van der Waals surface area contributed by atoms with Gasteiger partial charge >= 0.3 is 5.97 Å². The summed E-state index contributed by atoms with van der Waals surface area (Å²) in [5.74, 6) is 0.334. The fraction of sp³-hybridized carbons (Fsp3) is 0.480. The van der Waals surface area contributed by atoms with Gasteiger partial charge in [-0.3, -0.25) is 14.4 Å². The van der Waals surface area contributed by atoms with Crippen molar-refractivity contribution in [2.45, 2.75) is 47.0 Å². The topological polar surface area (TPSA) is 88.7 Å². The first-order valence-electron chi connectivity index (χ1n) is 11.1. The number of carbonyl (C=O) groups excluding carboxylic acids is 3. The summed E-state index contributed by atoms with van der Waals surface area (Å²) in [6, 6.07) is 9.50. The van der Waals surface area contributed by atoms with E-state index in [9.17, 15) is 14.4 Å². The van der Waals surface area contributed by atoms with E-state index < -0.39 is 5.41 Å². The molecule has 1 amide bonds. The fourth-order valence-electron chi connectivity index (χ4n) is 4.44. The van der Waals surface area contributed by atoms with Crippen LogP contribution < -0.4 is 4.74 Å². The van der Waals surface area contributed by atoms with Gasteiger partial charge in [0.15, 0.2) is 5.78 Å². The molecule has 0 saturated carbocycles. The lowest BCUT2D eigenvalue weighted by Gasteiger charge is -2.40. The van der Waals surface area contributed by atoms with E-state index in [4.69, 9.17) is 9.47 Å². The molecule has 32 heavy (non-hydrogen) atoms. The number of Topliss-reactive ketones (excluding diaryl/α,β-unsaturated/α-hetero) is 1. The smallest absolute Gasteiger partial charge is 0.312 e. The zero-order valence-corrected chi connectivity index (χ0v) is 19.3. The van der Waals surface area contributed by atoms with Gasteiger partial charge in [0, 0.05) is 25.7 Å². The second-order valence-electron chi connectivity index (χ2n) is 8.39. The highest BCUT2D eigenvalue weighted by Crippen LogP contribution is 2.37. The number of aryl methyl sites for hydroxylation is 1. The molecule has 0 aliphatic carbocycles. The van der Waals surface area contributed by atoms with Crippen LogP contribution in [0.5, 0.6) is 5.75 Å². The Balaban J connectivity index is 1.70. The van der Waals surface area contributed by atoms with E-state index in [1.165, 1.54) is 6.92 Å². The Kier molecular flexibility index (Phi) is 7.38. The first-order valence-corrected chi connectivity index (χ1v) is 11.1. The monoisotopic (exact) mass is 440 g/mol. The second kappa shape index (κ2) is 10.0. The molecule has 1 aliphatic heterocycles. The molecule has 1 N–H and O–H groups in total. The Morgan fingerprint density at radius 3 is 2.31 bits per heavy atom. The lowest BCUT2D eigenvalue weighted by Crippen LogP contribution is -2.48. The Bertz CT molecular complexity index is 972. The van der Waals surface area contributed by atoms with Crippen LogP contribution in [0.2, 0.25) is 0 Å². The van der Waals surface area contributed by atoms with Gasteiger partial charge in [-0.2, -0.15) is 0 Å². The molecular formula is C25H32N2O5. The molecule has 7 heteroatoms. The first-order chi connectivity index (χ1) is 15.3. The molecule has 7 nitrogen and oxygen atoms in total. The van der Waals surface area contributed by atoms with Crippen molar-refractivity contribution >= 4 is 17.7 Å². The van der Waals surface area contributed by atoms with Crippen molar-refractivity contribution in [3.8, 4) is 5.75 Å². The van der Waals surface area contributed by atoms with E-state index in [2.05, 4.69) is 4.98 Å². The molecule has 1 aromatic heterocycles. The van der Waals surface area contributed by atoms with Gasteiger partial charge in [-0.1, -0.05) is 18.2 Å². The van der Waals surface area contributed by atoms with Crippen LogP contribution in [0.25, 0.3) is 0 Å². The van der Waals surface area contributed by atoms with Crippen LogP contribution in [-0.2, 0) is 9.53 Å². The molecule has 0 unspecified atom stereocenters. The number of H-pyrrole nitrogens is 1. The standard InChI is InChI=1S/C25H32N2O5/c1-5-31-24(30)25(13-16-32-20-9-7-6-8-10-20)11-14-27(15-12-25)23(29)21-17(2)22(19(4)28)26-18(21)3/h6-10,26H,5,11-16H2,1-4H3. The van der Waals surface area contributed by atoms with Crippen LogP contribution in [0.4, 0.5) is 0 Å². The molecule has 1 aromatic carbocycles. The number of carbonyl (C=O) groups is 3. The zero-order chi connectivity index (χ0) is 23.3. The van der Waals surface area contributed by atoms with Crippen molar-refractivity contribution in [2.24, 2.45) is 5.41 Å². The summed E-state index contributed by atoms with van der Waals surface area (Å²) in [6.07, 6.45) is 1.55. The molecule has 1 saturated heterocycles. The molecule has 2 heterocycles. The summed E-state index contributed by atoms with van der Waals surface area (Å²) in [7, 11) is 0. The number of ketones is 1. The molecule has 0 atom stereocenters. The largest absolute Gasteiger partial charge is 0.494 e. The number of nitrogens with one attached hydrogen (secondary N) is 1. The zero-order valence-electron chi connectivity index (χ0n) is 19.3. The number of para-hydroxylation sites is 1. The molecular weight excluding hydrogens is 408 g/mol. The Labute approximate surface area is 189 Å². The van der Waals surface area contributed by atoms with Gasteiger partial charge in [0.1, 0.15) is 5.75 Å². The maximum atomic E-state index is 13.2. The first kappa shape index (κ1) is 23.6. The predicted molar refractivity (Wildman–Crippen MR) is 121 cm³/mol. The number of aromatic amines is 1. The van der Waals surface area contributed by atoms with E-state index in [0.717, 1.165) is 5.75 Å². The molecule has 2 aromatic rings. The van der Waals surface area contributed by atoms with Gasteiger partial charge in [-0.15, -0.1) is 0 Å². The van der Waals surface area contributed by atoms with Gasteiger partial charge < -0.3 is 19.4 Å². The minimum absolute atomic E-state index is 0.0944. The van der Waals surface area contributed by atoms with Crippen molar-refractivity contribution in [3.63, 3.8) is 0 Å². The third-order valence-corrected chi connectivity index (χ3v) is 6.31. The fourth-order valence-corrected chi connectivity index (χ4v) is 4.44. The minimum Gasteiger partial charge on any atom is -0.494 e. The number of aromatic nitrogens is 1. The van der Waals surface area contributed by atoms with Gasteiger partial charge in [0.2, 0.25) is 0 Å². The van der Waals surface area contributed by atoms with Crippen LogP contribution in [0, 0.1) is 19.3 Å². The van der Waals surface area contributed by atoms with Crippen LogP contribution in [-0.4, -0.2) is 53.8 Å². The normalized spacial score (nSPS) is 15.3. The highest BCUT2D eigenvalue weighted by Gasteiger charge is 2.44. The molecule has 172 valence electrons. The number of nitrogens with zero attached hydrogens (tertiary/aromatic N) is 1. The van der Waals surface area contributed by atoms with E-state index >= 15 is 0 Å².